The van der Waals surface area contributed by atoms with Crippen molar-refractivity contribution in [2.24, 2.45) is 23.7 Å². The Hall–Kier alpha value is -0.0800. The Balaban J connectivity index is 2.07. The maximum absolute atomic E-state index is 9.54. The van der Waals surface area contributed by atoms with Crippen LogP contribution in [0.4, 0.5) is 0 Å². The average molecular weight is 140 g/mol. The van der Waals surface area contributed by atoms with Crippen LogP contribution in [0.2, 0.25) is 0 Å². The molecule has 0 aromatic rings. The van der Waals surface area contributed by atoms with Crippen LogP contribution < -0.4 is 0 Å². The quantitative estimate of drug-likeness (QED) is 0.497. The van der Waals surface area contributed by atoms with Gasteiger partial charge in [0, 0.05) is 5.92 Å². The van der Waals surface area contributed by atoms with E-state index in [9.17, 15) is 10.2 Å². The van der Waals surface area contributed by atoms with Crippen LogP contribution in [-0.4, -0.2) is 22.4 Å². The van der Waals surface area contributed by atoms with Gasteiger partial charge in [0.1, 0.15) is 0 Å². The first-order valence-electron chi connectivity index (χ1n) is 4.15. The van der Waals surface area contributed by atoms with Gasteiger partial charge in [0.2, 0.25) is 0 Å². The molecule has 4 fully saturated rings. The first-order valence-corrected chi connectivity index (χ1v) is 4.15. The van der Waals surface area contributed by atoms with Gasteiger partial charge in [0.05, 0.1) is 12.2 Å². The van der Waals surface area contributed by atoms with E-state index >= 15 is 0 Å². The molecular weight excluding hydrogens is 128 g/mol. The first-order chi connectivity index (χ1) is 4.79. The molecule has 0 aromatic heterocycles. The molecule has 0 aliphatic heterocycles. The lowest BCUT2D eigenvalue weighted by Gasteiger charge is -2.13. The Morgan fingerprint density at radius 2 is 1.40 bits per heavy atom. The zero-order chi connectivity index (χ0) is 6.88. The Bertz CT molecular complexity index is 159. The molecule has 2 heteroatoms. The highest BCUT2D eigenvalue weighted by Gasteiger charge is 2.64. The molecule has 4 rings (SSSR count). The maximum atomic E-state index is 9.54. The highest BCUT2D eigenvalue weighted by molar-refractivity contribution is 5.13. The molecule has 4 atom stereocenters. The normalized spacial score (nSPS) is 70.2. The minimum atomic E-state index is -0.154. The standard InChI is InChI=1S/C8H12O2/c9-7-4-1-3-2-5(4)8(10)6(3)7/h3-10H,1-2H2. The number of hydrogen-bond acceptors (Lipinski definition) is 2. The molecule has 0 amide bonds. The van der Waals surface area contributed by atoms with E-state index < -0.39 is 0 Å². The van der Waals surface area contributed by atoms with E-state index in [1.165, 1.54) is 12.8 Å². The maximum Gasteiger partial charge on any atom is 0.0627 e. The summed E-state index contributed by atoms with van der Waals surface area (Å²) >= 11 is 0. The second-order valence-electron chi connectivity index (χ2n) is 4.12. The summed E-state index contributed by atoms with van der Waals surface area (Å²) in [5.41, 5.74) is 0. The number of rotatable bonds is 0. The van der Waals surface area contributed by atoms with Gasteiger partial charge in [-0.25, -0.2) is 0 Å². The molecular formula is C8H12O2. The van der Waals surface area contributed by atoms with Crippen LogP contribution in [0.3, 0.4) is 0 Å². The monoisotopic (exact) mass is 140 g/mol. The molecule has 4 bridgehead atoms. The summed E-state index contributed by atoms with van der Waals surface area (Å²) in [6.07, 6.45) is 2.07. The van der Waals surface area contributed by atoms with Gasteiger partial charge in [-0.15, -0.1) is 0 Å². The van der Waals surface area contributed by atoms with Crippen molar-refractivity contribution in [1.29, 1.82) is 0 Å². The van der Waals surface area contributed by atoms with E-state index in [1.807, 2.05) is 0 Å². The minimum Gasteiger partial charge on any atom is -0.392 e. The van der Waals surface area contributed by atoms with E-state index in [-0.39, 0.29) is 18.1 Å². The summed E-state index contributed by atoms with van der Waals surface area (Å²) in [5.74, 6) is 1.85. The summed E-state index contributed by atoms with van der Waals surface area (Å²) in [6.45, 7) is 0. The minimum absolute atomic E-state index is 0.154. The van der Waals surface area contributed by atoms with E-state index in [2.05, 4.69) is 0 Å². The zero-order valence-electron chi connectivity index (χ0n) is 5.77. The smallest absolute Gasteiger partial charge is 0.0627 e. The summed E-state index contributed by atoms with van der Waals surface area (Å²) in [5, 5.41) is 19.1. The molecule has 4 aliphatic rings. The van der Waals surface area contributed by atoms with Crippen molar-refractivity contribution in [2.45, 2.75) is 25.0 Å². The van der Waals surface area contributed by atoms with Crippen LogP contribution in [0.25, 0.3) is 0 Å². The predicted octanol–water partition coefficient (Wildman–Crippen LogP) is -0.00600. The molecule has 0 spiro atoms. The fraction of sp³-hybridized carbons (Fsp3) is 1.00. The second kappa shape index (κ2) is 1.41. The third-order valence-corrected chi connectivity index (χ3v) is 3.91. The van der Waals surface area contributed by atoms with Gasteiger partial charge in [-0.2, -0.15) is 0 Å². The van der Waals surface area contributed by atoms with Gasteiger partial charge >= 0.3 is 0 Å². The van der Waals surface area contributed by atoms with Crippen molar-refractivity contribution >= 4 is 0 Å². The Kier molecular flexibility index (Phi) is 0.783. The van der Waals surface area contributed by atoms with Crippen LogP contribution in [0.15, 0.2) is 0 Å². The molecule has 2 N–H and O–H groups in total. The molecule has 0 saturated heterocycles. The van der Waals surface area contributed by atoms with Gasteiger partial charge < -0.3 is 10.2 Å². The fourth-order valence-electron chi connectivity index (χ4n) is 3.58. The van der Waals surface area contributed by atoms with Gasteiger partial charge in [-0.3, -0.25) is 0 Å². The lowest BCUT2D eigenvalue weighted by atomic mass is 9.98. The topological polar surface area (TPSA) is 40.5 Å². The lowest BCUT2D eigenvalue weighted by molar-refractivity contribution is 0.0680. The van der Waals surface area contributed by atoms with E-state index in [0.717, 1.165) is 0 Å². The lowest BCUT2D eigenvalue weighted by Crippen LogP contribution is -2.21. The average Bonchev–Trinajstić information content (AvgIpc) is 2.51. The third kappa shape index (κ3) is 0.372. The molecule has 0 heterocycles. The highest BCUT2D eigenvalue weighted by atomic mass is 16.3. The van der Waals surface area contributed by atoms with Gasteiger partial charge in [-0.1, -0.05) is 0 Å². The molecule has 10 heavy (non-hydrogen) atoms. The molecule has 2 nitrogen and oxygen atoms in total. The van der Waals surface area contributed by atoms with Crippen molar-refractivity contribution in [3.05, 3.63) is 0 Å². The summed E-state index contributed by atoms with van der Waals surface area (Å²) in [7, 11) is 0. The number of aliphatic hydroxyl groups excluding tert-OH is 2. The van der Waals surface area contributed by atoms with E-state index in [1.54, 1.807) is 0 Å². The van der Waals surface area contributed by atoms with Gasteiger partial charge in [0.15, 0.2) is 0 Å². The van der Waals surface area contributed by atoms with Crippen LogP contribution in [0.5, 0.6) is 0 Å². The van der Waals surface area contributed by atoms with E-state index in [4.69, 9.17) is 0 Å². The van der Waals surface area contributed by atoms with Crippen molar-refractivity contribution in [3.63, 3.8) is 0 Å². The largest absolute Gasteiger partial charge is 0.392 e. The highest BCUT2D eigenvalue weighted by Crippen LogP contribution is 2.62. The third-order valence-electron chi connectivity index (χ3n) is 3.91. The molecule has 0 aromatic carbocycles. The van der Waals surface area contributed by atoms with Gasteiger partial charge in [0.25, 0.3) is 0 Å². The Morgan fingerprint density at radius 3 is 1.60 bits per heavy atom. The number of aliphatic hydroxyl groups is 2. The van der Waals surface area contributed by atoms with Crippen LogP contribution in [0, 0.1) is 23.7 Å². The van der Waals surface area contributed by atoms with Crippen LogP contribution >= 0.6 is 0 Å². The molecule has 4 aliphatic carbocycles. The second-order valence-corrected chi connectivity index (χ2v) is 4.12. The van der Waals surface area contributed by atoms with Crippen molar-refractivity contribution in [3.8, 4) is 0 Å². The van der Waals surface area contributed by atoms with Crippen molar-refractivity contribution in [2.75, 3.05) is 0 Å². The molecule has 4 saturated carbocycles. The molecule has 4 unspecified atom stereocenters. The molecule has 56 valence electrons. The van der Waals surface area contributed by atoms with Crippen LogP contribution in [-0.2, 0) is 0 Å². The Labute approximate surface area is 59.9 Å². The van der Waals surface area contributed by atoms with Gasteiger partial charge in [-0.05, 0) is 30.6 Å². The van der Waals surface area contributed by atoms with Crippen LogP contribution in [0.1, 0.15) is 12.8 Å². The SMILES string of the molecule is OC1C2CC3CC2C(O)C31. The summed E-state index contributed by atoms with van der Waals surface area (Å²) in [6, 6.07) is 0. The summed E-state index contributed by atoms with van der Waals surface area (Å²) in [4.78, 5) is 0. The van der Waals surface area contributed by atoms with Crippen molar-refractivity contribution in [1.82, 2.24) is 0 Å². The number of hydrogen-bond donors (Lipinski definition) is 2. The first kappa shape index (κ1) is 5.56. The fourth-order valence-corrected chi connectivity index (χ4v) is 3.58. The Morgan fingerprint density at radius 1 is 0.900 bits per heavy atom. The van der Waals surface area contributed by atoms with Crippen molar-refractivity contribution < 1.29 is 10.2 Å². The predicted molar refractivity (Wildman–Crippen MR) is 35.2 cm³/mol. The summed E-state index contributed by atoms with van der Waals surface area (Å²) < 4.78 is 0. The zero-order valence-corrected chi connectivity index (χ0v) is 5.77. The van der Waals surface area contributed by atoms with E-state index in [0.29, 0.717) is 17.8 Å². The molecule has 0 radical (unpaired) electrons.